The van der Waals surface area contributed by atoms with Crippen molar-refractivity contribution < 1.29 is 9.84 Å². The molecule has 2 N–H and O–H groups in total. The fourth-order valence-corrected chi connectivity index (χ4v) is 3.50. The number of nitrogens with one attached hydrogen (secondary N) is 1. The van der Waals surface area contributed by atoms with E-state index in [1.54, 1.807) is 48.5 Å². The van der Waals surface area contributed by atoms with Crippen LogP contribution in [0.3, 0.4) is 0 Å². The Kier molecular flexibility index (Phi) is 5.31. The fourth-order valence-electron chi connectivity index (χ4n) is 3.31. The molecule has 4 aromatic rings. The molecule has 0 aliphatic heterocycles. The zero-order valence-electron chi connectivity index (χ0n) is 17.3. The second kappa shape index (κ2) is 7.95. The molecule has 158 valence electrons. The van der Waals surface area contributed by atoms with Crippen LogP contribution in [-0.4, -0.2) is 37.2 Å². The van der Waals surface area contributed by atoms with Crippen LogP contribution in [0.1, 0.15) is 19.4 Å². The molecule has 0 amide bonds. The number of rotatable bonds is 6. The van der Waals surface area contributed by atoms with Crippen LogP contribution in [0.4, 0.5) is 11.4 Å². The third-order valence-electron chi connectivity index (χ3n) is 4.69. The standard InChI is InChI=1S/C22H21ClN6O2/c1-22(2,30)13-28-11-16(10-25-28)14-6-19-21(15(8-24)9-26-29(19)12-14)27-17-4-5-18(23)20(7-17)31-3/h4-7,9-12,27,30H,13H2,1-3H3. The van der Waals surface area contributed by atoms with Gasteiger partial charge in [-0.1, -0.05) is 11.6 Å². The topological polar surface area (TPSA) is 100 Å². The lowest BCUT2D eigenvalue weighted by Crippen LogP contribution is -2.26. The van der Waals surface area contributed by atoms with Crippen molar-refractivity contribution in [2.45, 2.75) is 26.0 Å². The van der Waals surface area contributed by atoms with Gasteiger partial charge >= 0.3 is 0 Å². The van der Waals surface area contributed by atoms with Gasteiger partial charge in [0.2, 0.25) is 0 Å². The molecule has 1 aromatic carbocycles. The largest absolute Gasteiger partial charge is 0.495 e. The first-order chi connectivity index (χ1) is 14.8. The summed E-state index contributed by atoms with van der Waals surface area (Å²) in [5, 5.41) is 32.1. The lowest BCUT2D eigenvalue weighted by Gasteiger charge is -2.16. The van der Waals surface area contributed by atoms with Crippen molar-refractivity contribution in [2.75, 3.05) is 12.4 Å². The summed E-state index contributed by atoms with van der Waals surface area (Å²) in [5.74, 6) is 0.533. The molecule has 0 aliphatic carbocycles. The highest BCUT2D eigenvalue weighted by Gasteiger charge is 2.17. The Morgan fingerprint density at radius 3 is 2.71 bits per heavy atom. The van der Waals surface area contributed by atoms with E-state index in [0.29, 0.717) is 28.6 Å². The van der Waals surface area contributed by atoms with Crippen LogP contribution in [0, 0.1) is 11.3 Å². The Morgan fingerprint density at radius 1 is 1.19 bits per heavy atom. The average Bonchev–Trinajstić information content (AvgIpc) is 3.35. The normalized spacial score (nSPS) is 11.5. The highest BCUT2D eigenvalue weighted by atomic mass is 35.5. The van der Waals surface area contributed by atoms with Crippen molar-refractivity contribution in [3.63, 3.8) is 0 Å². The van der Waals surface area contributed by atoms with Crippen LogP contribution in [0.2, 0.25) is 5.02 Å². The van der Waals surface area contributed by atoms with E-state index in [1.165, 1.54) is 6.20 Å². The Balaban J connectivity index is 1.74. The maximum absolute atomic E-state index is 10.0. The molecule has 9 heteroatoms. The number of aliphatic hydroxyl groups is 1. The van der Waals surface area contributed by atoms with Gasteiger partial charge in [-0.2, -0.15) is 15.5 Å². The van der Waals surface area contributed by atoms with E-state index in [1.807, 2.05) is 24.5 Å². The van der Waals surface area contributed by atoms with E-state index >= 15 is 0 Å². The molecule has 0 radical (unpaired) electrons. The third-order valence-corrected chi connectivity index (χ3v) is 5.01. The zero-order valence-corrected chi connectivity index (χ0v) is 18.1. The van der Waals surface area contributed by atoms with E-state index in [9.17, 15) is 10.4 Å². The van der Waals surface area contributed by atoms with E-state index < -0.39 is 5.60 Å². The van der Waals surface area contributed by atoms with Crippen molar-refractivity contribution in [3.8, 4) is 22.9 Å². The molecule has 3 heterocycles. The highest BCUT2D eigenvalue weighted by molar-refractivity contribution is 6.32. The second-order valence-corrected chi connectivity index (χ2v) is 8.22. The van der Waals surface area contributed by atoms with Crippen LogP contribution in [0.15, 0.2) is 49.1 Å². The summed E-state index contributed by atoms with van der Waals surface area (Å²) in [5.41, 5.74) is 3.40. The summed E-state index contributed by atoms with van der Waals surface area (Å²) in [7, 11) is 1.55. The Bertz CT molecular complexity index is 1300. The quantitative estimate of drug-likeness (QED) is 0.468. The number of methoxy groups -OCH3 is 1. The molecule has 3 aromatic heterocycles. The van der Waals surface area contributed by atoms with Gasteiger partial charge in [-0.05, 0) is 32.0 Å². The Morgan fingerprint density at radius 2 is 2.00 bits per heavy atom. The molecule has 0 spiro atoms. The number of benzene rings is 1. The number of hydrogen-bond donors (Lipinski definition) is 2. The molecule has 31 heavy (non-hydrogen) atoms. The molecule has 4 rings (SSSR count). The Labute approximate surface area is 184 Å². The number of hydrogen-bond acceptors (Lipinski definition) is 6. The van der Waals surface area contributed by atoms with Gasteiger partial charge in [0, 0.05) is 35.3 Å². The molecule has 0 unspecified atom stereocenters. The van der Waals surface area contributed by atoms with E-state index in [0.717, 1.165) is 22.3 Å². The van der Waals surface area contributed by atoms with Crippen LogP contribution < -0.4 is 10.1 Å². The minimum atomic E-state index is -0.866. The van der Waals surface area contributed by atoms with E-state index in [2.05, 4.69) is 21.6 Å². The molecule has 0 saturated heterocycles. The van der Waals surface area contributed by atoms with Gasteiger partial charge in [-0.3, -0.25) is 4.68 Å². The molecule has 0 aliphatic rings. The molecular formula is C22H21ClN6O2. The van der Waals surface area contributed by atoms with Crippen molar-refractivity contribution in [2.24, 2.45) is 0 Å². The predicted octanol–water partition coefficient (Wildman–Crippen LogP) is 4.25. The van der Waals surface area contributed by atoms with Gasteiger partial charge < -0.3 is 15.2 Å². The summed E-state index contributed by atoms with van der Waals surface area (Å²) in [4.78, 5) is 0. The number of ether oxygens (including phenoxy) is 1. The maximum Gasteiger partial charge on any atom is 0.139 e. The lowest BCUT2D eigenvalue weighted by atomic mass is 10.1. The van der Waals surface area contributed by atoms with Crippen molar-refractivity contribution in [3.05, 3.63) is 59.6 Å². The van der Waals surface area contributed by atoms with Crippen LogP contribution in [-0.2, 0) is 6.54 Å². The third kappa shape index (κ3) is 4.33. The zero-order chi connectivity index (χ0) is 22.2. The number of nitrogens with zero attached hydrogens (tertiary/aromatic N) is 5. The number of anilines is 2. The van der Waals surface area contributed by atoms with Crippen molar-refractivity contribution in [1.82, 2.24) is 19.4 Å². The van der Waals surface area contributed by atoms with Gasteiger partial charge in [-0.25, -0.2) is 4.52 Å². The van der Waals surface area contributed by atoms with Gasteiger partial charge in [-0.15, -0.1) is 0 Å². The minimum Gasteiger partial charge on any atom is -0.495 e. The molecule has 0 saturated carbocycles. The van der Waals surface area contributed by atoms with Gasteiger partial charge in [0.1, 0.15) is 11.8 Å². The smallest absolute Gasteiger partial charge is 0.139 e. The van der Waals surface area contributed by atoms with Gasteiger partial charge in [0.05, 0.1) is 53.4 Å². The lowest BCUT2D eigenvalue weighted by molar-refractivity contribution is 0.0577. The van der Waals surface area contributed by atoms with Gasteiger partial charge in [0.15, 0.2) is 0 Å². The molecule has 0 fully saturated rings. The highest BCUT2D eigenvalue weighted by Crippen LogP contribution is 2.33. The van der Waals surface area contributed by atoms with Crippen LogP contribution in [0.25, 0.3) is 16.6 Å². The molecule has 8 nitrogen and oxygen atoms in total. The summed E-state index contributed by atoms with van der Waals surface area (Å²) in [6.45, 7) is 3.85. The van der Waals surface area contributed by atoms with Gasteiger partial charge in [0.25, 0.3) is 0 Å². The molecular weight excluding hydrogens is 416 g/mol. The van der Waals surface area contributed by atoms with Crippen LogP contribution >= 0.6 is 11.6 Å². The number of nitriles is 1. The fraction of sp³-hybridized carbons (Fsp3) is 0.227. The first-order valence-corrected chi connectivity index (χ1v) is 9.92. The predicted molar refractivity (Wildman–Crippen MR) is 119 cm³/mol. The average molecular weight is 437 g/mol. The maximum atomic E-state index is 10.0. The number of fused-ring (bicyclic) bond motifs is 1. The van der Waals surface area contributed by atoms with E-state index in [-0.39, 0.29) is 0 Å². The van der Waals surface area contributed by atoms with E-state index in [4.69, 9.17) is 16.3 Å². The number of halogens is 1. The summed E-state index contributed by atoms with van der Waals surface area (Å²) >= 11 is 6.12. The molecule has 0 bridgehead atoms. The Hall–Kier alpha value is -3.54. The summed E-state index contributed by atoms with van der Waals surface area (Å²) < 4.78 is 8.69. The van der Waals surface area contributed by atoms with Crippen LogP contribution in [0.5, 0.6) is 5.75 Å². The SMILES string of the molecule is COc1cc(Nc2c(C#N)cnn3cc(-c4cnn(CC(C)(C)O)c4)cc23)ccc1Cl. The minimum absolute atomic E-state index is 0.377. The monoisotopic (exact) mass is 436 g/mol. The second-order valence-electron chi connectivity index (χ2n) is 7.82. The summed E-state index contributed by atoms with van der Waals surface area (Å²) in [6, 6.07) is 9.44. The number of aromatic nitrogens is 4. The first-order valence-electron chi connectivity index (χ1n) is 9.54. The van der Waals surface area contributed by atoms with Crippen molar-refractivity contribution >= 4 is 28.5 Å². The molecule has 0 atom stereocenters. The first kappa shape index (κ1) is 20.7. The summed E-state index contributed by atoms with van der Waals surface area (Å²) in [6.07, 6.45) is 7.00. The van der Waals surface area contributed by atoms with Crippen molar-refractivity contribution in [1.29, 1.82) is 5.26 Å².